The van der Waals surface area contributed by atoms with Crippen molar-refractivity contribution < 1.29 is 4.79 Å². The number of likely N-dealkylation sites (N-methyl/N-ethyl adjacent to an activating group) is 1. The third kappa shape index (κ3) is 3.68. The van der Waals surface area contributed by atoms with Gasteiger partial charge >= 0.3 is 0 Å². The van der Waals surface area contributed by atoms with Crippen LogP contribution in [-0.2, 0) is 11.2 Å². The van der Waals surface area contributed by atoms with Crippen molar-refractivity contribution >= 4 is 18.3 Å². The minimum atomic E-state index is 0. The van der Waals surface area contributed by atoms with Crippen LogP contribution in [0, 0.1) is 0 Å². The van der Waals surface area contributed by atoms with E-state index in [9.17, 15) is 4.79 Å². The van der Waals surface area contributed by atoms with E-state index in [2.05, 4.69) is 10.3 Å². The van der Waals surface area contributed by atoms with Gasteiger partial charge in [0, 0.05) is 31.5 Å². The van der Waals surface area contributed by atoms with E-state index in [1.807, 2.05) is 24.1 Å². The zero-order valence-corrected chi connectivity index (χ0v) is 11.4. The minimum Gasteiger partial charge on any atom is -0.338 e. The number of rotatable bonds is 4. The highest BCUT2D eigenvalue weighted by Crippen LogP contribution is 2.17. The lowest BCUT2D eigenvalue weighted by Gasteiger charge is -2.24. The highest BCUT2D eigenvalue weighted by Gasteiger charge is 2.27. The van der Waals surface area contributed by atoms with Crippen molar-refractivity contribution in [3.8, 4) is 0 Å². The molecule has 100 valence electrons. The Hall–Kier alpha value is -1.13. The van der Waals surface area contributed by atoms with Crippen LogP contribution in [-0.4, -0.2) is 42.0 Å². The fourth-order valence-electron chi connectivity index (χ4n) is 2.39. The molecule has 1 fully saturated rings. The molecule has 1 aliphatic heterocycles. The van der Waals surface area contributed by atoms with Crippen LogP contribution in [0.3, 0.4) is 0 Å². The van der Waals surface area contributed by atoms with Crippen LogP contribution in [0.5, 0.6) is 0 Å². The van der Waals surface area contributed by atoms with E-state index in [0.29, 0.717) is 12.5 Å². The molecule has 1 saturated heterocycles. The predicted molar refractivity (Wildman–Crippen MR) is 73.9 cm³/mol. The average Bonchev–Trinajstić information content (AvgIpc) is 2.79. The molecule has 0 bridgehead atoms. The Kier molecular flexibility index (Phi) is 6.09. The monoisotopic (exact) mass is 269 g/mol. The standard InChI is InChI=1S/C13H19N3O.ClH/c1-14-10-12-5-3-7-16(12)13(17)8-11-4-2-6-15-9-11;/h2,4,6,9,12,14H,3,5,7-8,10H2,1H3;1H. The zero-order chi connectivity index (χ0) is 12.1. The summed E-state index contributed by atoms with van der Waals surface area (Å²) in [6.45, 7) is 1.78. The second kappa shape index (κ2) is 7.34. The van der Waals surface area contributed by atoms with Crippen molar-refractivity contribution in [3.63, 3.8) is 0 Å². The SMILES string of the molecule is CNCC1CCCN1C(=O)Cc1cccnc1.Cl. The molecular formula is C13H20ClN3O. The first-order valence-corrected chi connectivity index (χ1v) is 6.14. The van der Waals surface area contributed by atoms with Gasteiger partial charge < -0.3 is 10.2 Å². The Labute approximate surface area is 114 Å². The molecule has 1 aromatic heterocycles. The van der Waals surface area contributed by atoms with E-state index in [-0.39, 0.29) is 18.3 Å². The third-order valence-electron chi connectivity index (χ3n) is 3.22. The Morgan fingerprint density at radius 1 is 1.61 bits per heavy atom. The average molecular weight is 270 g/mol. The summed E-state index contributed by atoms with van der Waals surface area (Å²) < 4.78 is 0. The van der Waals surface area contributed by atoms with Gasteiger partial charge in [0.1, 0.15) is 0 Å². The maximum Gasteiger partial charge on any atom is 0.227 e. The van der Waals surface area contributed by atoms with E-state index in [1.54, 1.807) is 12.4 Å². The number of hydrogen-bond donors (Lipinski definition) is 1. The number of carbonyl (C=O) groups excluding carboxylic acids is 1. The molecular weight excluding hydrogens is 250 g/mol. The molecule has 2 rings (SSSR count). The van der Waals surface area contributed by atoms with Crippen LogP contribution in [0.25, 0.3) is 0 Å². The third-order valence-corrected chi connectivity index (χ3v) is 3.22. The normalized spacial score (nSPS) is 18.5. The highest BCUT2D eigenvalue weighted by atomic mass is 35.5. The molecule has 0 radical (unpaired) electrons. The molecule has 1 aliphatic rings. The molecule has 1 N–H and O–H groups in total. The lowest BCUT2D eigenvalue weighted by atomic mass is 10.1. The van der Waals surface area contributed by atoms with Gasteiger partial charge in [-0.15, -0.1) is 12.4 Å². The molecule has 2 heterocycles. The summed E-state index contributed by atoms with van der Waals surface area (Å²) in [5, 5.41) is 3.15. The molecule has 18 heavy (non-hydrogen) atoms. The van der Waals surface area contributed by atoms with Crippen molar-refractivity contribution in [1.82, 2.24) is 15.2 Å². The van der Waals surface area contributed by atoms with Crippen LogP contribution in [0.4, 0.5) is 0 Å². The molecule has 0 aliphatic carbocycles. The molecule has 1 atom stereocenters. The topological polar surface area (TPSA) is 45.2 Å². The van der Waals surface area contributed by atoms with Gasteiger partial charge in [0.2, 0.25) is 5.91 Å². The molecule has 0 saturated carbocycles. The van der Waals surface area contributed by atoms with Gasteiger partial charge in [-0.3, -0.25) is 9.78 Å². The van der Waals surface area contributed by atoms with Crippen LogP contribution in [0.2, 0.25) is 0 Å². The zero-order valence-electron chi connectivity index (χ0n) is 10.6. The van der Waals surface area contributed by atoms with E-state index in [4.69, 9.17) is 0 Å². The highest BCUT2D eigenvalue weighted by molar-refractivity contribution is 5.85. The van der Waals surface area contributed by atoms with E-state index >= 15 is 0 Å². The molecule has 1 unspecified atom stereocenters. The van der Waals surface area contributed by atoms with Gasteiger partial charge in [0.15, 0.2) is 0 Å². The second-order valence-electron chi connectivity index (χ2n) is 4.48. The fraction of sp³-hybridized carbons (Fsp3) is 0.538. The van der Waals surface area contributed by atoms with Crippen molar-refractivity contribution in [2.75, 3.05) is 20.1 Å². The maximum atomic E-state index is 12.2. The molecule has 0 spiro atoms. The van der Waals surface area contributed by atoms with Gasteiger partial charge in [-0.2, -0.15) is 0 Å². The van der Waals surface area contributed by atoms with E-state index in [0.717, 1.165) is 31.5 Å². The second-order valence-corrected chi connectivity index (χ2v) is 4.48. The molecule has 5 heteroatoms. The lowest BCUT2D eigenvalue weighted by molar-refractivity contribution is -0.131. The van der Waals surface area contributed by atoms with Crippen LogP contribution in [0.15, 0.2) is 24.5 Å². The van der Waals surface area contributed by atoms with Gasteiger partial charge in [-0.25, -0.2) is 0 Å². The van der Waals surface area contributed by atoms with Crippen molar-refractivity contribution in [3.05, 3.63) is 30.1 Å². The smallest absolute Gasteiger partial charge is 0.227 e. The number of likely N-dealkylation sites (tertiary alicyclic amines) is 1. The fourth-order valence-corrected chi connectivity index (χ4v) is 2.39. The Balaban J connectivity index is 0.00000162. The number of nitrogens with one attached hydrogen (secondary N) is 1. The molecule has 0 aromatic carbocycles. The largest absolute Gasteiger partial charge is 0.338 e. The molecule has 4 nitrogen and oxygen atoms in total. The summed E-state index contributed by atoms with van der Waals surface area (Å²) >= 11 is 0. The van der Waals surface area contributed by atoms with Crippen molar-refractivity contribution in [2.45, 2.75) is 25.3 Å². The minimum absolute atomic E-state index is 0. The van der Waals surface area contributed by atoms with Gasteiger partial charge in [-0.1, -0.05) is 6.07 Å². The predicted octanol–water partition coefficient (Wildman–Crippen LogP) is 1.26. The number of halogens is 1. The lowest BCUT2D eigenvalue weighted by Crippen LogP contribution is -2.41. The quantitative estimate of drug-likeness (QED) is 0.895. The number of hydrogen-bond acceptors (Lipinski definition) is 3. The Bertz CT molecular complexity index is 372. The van der Waals surface area contributed by atoms with Crippen molar-refractivity contribution in [1.29, 1.82) is 0 Å². The summed E-state index contributed by atoms with van der Waals surface area (Å²) in [5.41, 5.74) is 0.993. The summed E-state index contributed by atoms with van der Waals surface area (Å²) in [5.74, 6) is 0.218. The first-order valence-electron chi connectivity index (χ1n) is 6.14. The molecule has 1 amide bonds. The maximum absolute atomic E-state index is 12.2. The Morgan fingerprint density at radius 3 is 3.11 bits per heavy atom. The summed E-state index contributed by atoms with van der Waals surface area (Å²) in [6, 6.07) is 4.19. The summed E-state index contributed by atoms with van der Waals surface area (Å²) in [7, 11) is 1.93. The summed E-state index contributed by atoms with van der Waals surface area (Å²) in [4.78, 5) is 18.2. The summed E-state index contributed by atoms with van der Waals surface area (Å²) in [6.07, 6.45) is 6.19. The first-order chi connectivity index (χ1) is 8.31. The van der Waals surface area contributed by atoms with E-state index in [1.165, 1.54) is 0 Å². The van der Waals surface area contributed by atoms with Gasteiger partial charge in [0.25, 0.3) is 0 Å². The van der Waals surface area contributed by atoms with E-state index < -0.39 is 0 Å². The number of pyridine rings is 1. The first kappa shape index (κ1) is 14.9. The number of aromatic nitrogens is 1. The molecule has 1 aromatic rings. The number of carbonyl (C=O) groups is 1. The van der Waals surface area contributed by atoms with Crippen LogP contribution in [0.1, 0.15) is 18.4 Å². The van der Waals surface area contributed by atoms with Gasteiger partial charge in [-0.05, 0) is 31.5 Å². The van der Waals surface area contributed by atoms with Crippen molar-refractivity contribution in [2.24, 2.45) is 0 Å². The number of nitrogens with zero attached hydrogens (tertiary/aromatic N) is 2. The van der Waals surface area contributed by atoms with Crippen LogP contribution < -0.4 is 5.32 Å². The van der Waals surface area contributed by atoms with Gasteiger partial charge in [0.05, 0.1) is 6.42 Å². The Morgan fingerprint density at radius 2 is 2.44 bits per heavy atom. The van der Waals surface area contributed by atoms with Crippen LogP contribution >= 0.6 is 12.4 Å². The number of amides is 1.